The molecule has 1 N–H and O–H groups in total. The van der Waals surface area contributed by atoms with Crippen molar-refractivity contribution in [3.8, 4) is 11.5 Å². The van der Waals surface area contributed by atoms with E-state index in [-0.39, 0.29) is 0 Å². The van der Waals surface area contributed by atoms with Crippen LogP contribution in [0.3, 0.4) is 0 Å². The van der Waals surface area contributed by atoms with Crippen molar-refractivity contribution in [3.05, 3.63) is 53.1 Å². The fourth-order valence-electron chi connectivity index (χ4n) is 2.91. The smallest absolute Gasteiger partial charge is 0.173 e. The summed E-state index contributed by atoms with van der Waals surface area (Å²) in [6.07, 6.45) is 1.98. The van der Waals surface area contributed by atoms with Crippen LogP contribution in [0.1, 0.15) is 43.4 Å². The van der Waals surface area contributed by atoms with Crippen LogP contribution in [0.25, 0.3) is 0 Å². The van der Waals surface area contributed by atoms with E-state index in [4.69, 9.17) is 21.7 Å². The van der Waals surface area contributed by atoms with E-state index in [2.05, 4.69) is 62.2 Å². The highest BCUT2D eigenvalue weighted by molar-refractivity contribution is 7.80. The van der Waals surface area contributed by atoms with Crippen LogP contribution in [0.5, 0.6) is 11.5 Å². The second-order valence-corrected chi connectivity index (χ2v) is 7.37. The molecule has 0 aliphatic heterocycles. The molecular weight excluding hydrogens is 368 g/mol. The molecule has 0 bridgehead atoms. The minimum atomic E-state index is 0.682. The molecule has 0 aliphatic carbocycles. The van der Waals surface area contributed by atoms with Crippen LogP contribution in [0.4, 0.5) is 5.69 Å². The second-order valence-electron chi connectivity index (χ2n) is 6.98. The summed E-state index contributed by atoms with van der Waals surface area (Å²) in [6.45, 7) is 10.8. The van der Waals surface area contributed by atoms with Gasteiger partial charge in [0, 0.05) is 18.8 Å². The van der Waals surface area contributed by atoms with Gasteiger partial charge >= 0.3 is 0 Å². The maximum atomic E-state index is 5.76. The zero-order chi connectivity index (χ0) is 20.5. The molecule has 0 aliphatic rings. The summed E-state index contributed by atoms with van der Waals surface area (Å²) in [5.74, 6) is 1.54. The number of anilines is 1. The number of methoxy groups -OCH3 is 1. The molecule has 0 saturated heterocycles. The lowest BCUT2D eigenvalue weighted by Gasteiger charge is -2.26. The van der Waals surface area contributed by atoms with Crippen molar-refractivity contribution in [2.45, 2.75) is 47.1 Å². The molecule has 0 atom stereocenters. The van der Waals surface area contributed by atoms with Crippen LogP contribution < -0.4 is 14.8 Å². The fraction of sp³-hybridized carbons (Fsp3) is 0.435. The molecule has 0 spiro atoms. The maximum Gasteiger partial charge on any atom is 0.173 e. The third-order valence-corrected chi connectivity index (χ3v) is 4.96. The standard InChI is InChI=1S/C23H32N2O2S/c1-6-12-25(23(28)24-20-10-8-17(3)18(4)14-20)16-19-9-11-21(27-13-7-2)22(15-19)26-5/h8-11,14-15H,6-7,12-13,16H2,1-5H3,(H,24,28). The van der Waals surface area contributed by atoms with Crippen LogP contribution >= 0.6 is 12.2 Å². The first-order chi connectivity index (χ1) is 13.5. The van der Waals surface area contributed by atoms with Crippen LogP contribution in [0.2, 0.25) is 0 Å². The van der Waals surface area contributed by atoms with E-state index in [9.17, 15) is 0 Å². The van der Waals surface area contributed by atoms with Crippen molar-refractivity contribution in [3.63, 3.8) is 0 Å². The van der Waals surface area contributed by atoms with Gasteiger partial charge in [-0.25, -0.2) is 0 Å². The summed E-state index contributed by atoms with van der Waals surface area (Å²) >= 11 is 5.70. The summed E-state index contributed by atoms with van der Waals surface area (Å²) in [5.41, 5.74) is 4.69. The molecule has 0 radical (unpaired) electrons. The Balaban J connectivity index is 2.12. The average molecular weight is 401 g/mol. The highest BCUT2D eigenvalue weighted by Gasteiger charge is 2.13. The van der Waals surface area contributed by atoms with Gasteiger partial charge in [-0.2, -0.15) is 0 Å². The number of ether oxygens (including phenoxy) is 2. The van der Waals surface area contributed by atoms with E-state index < -0.39 is 0 Å². The number of hydrogen-bond acceptors (Lipinski definition) is 3. The average Bonchev–Trinajstić information content (AvgIpc) is 2.69. The van der Waals surface area contributed by atoms with Crippen LogP contribution in [-0.2, 0) is 6.54 Å². The van der Waals surface area contributed by atoms with Gasteiger partial charge < -0.3 is 19.7 Å². The molecular formula is C23H32N2O2S. The van der Waals surface area contributed by atoms with Gasteiger partial charge in [0.25, 0.3) is 0 Å². The summed E-state index contributed by atoms with van der Waals surface area (Å²) < 4.78 is 11.3. The summed E-state index contributed by atoms with van der Waals surface area (Å²) in [6, 6.07) is 12.4. The second kappa shape index (κ2) is 10.9. The number of nitrogens with one attached hydrogen (secondary N) is 1. The Bertz CT molecular complexity index is 792. The van der Waals surface area contributed by atoms with Crippen molar-refractivity contribution in [1.82, 2.24) is 4.90 Å². The molecule has 0 heterocycles. The summed E-state index contributed by atoms with van der Waals surface area (Å²) in [7, 11) is 1.67. The molecule has 2 aromatic rings. The van der Waals surface area contributed by atoms with Gasteiger partial charge in [-0.1, -0.05) is 26.0 Å². The molecule has 28 heavy (non-hydrogen) atoms. The number of aryl methyl sites for hydroxylation is 2. The number of nitrogens with zero attached hydrogens (tertiary/aromatic N) is 1. The van der Waals surface area contributed by atoms with Gasteiger partial charge in [0.15, 0.2) is 16.6 Å². The largest absolute Gasteiger partial charge is 0.493 e. The Labute approximate surface area is 174 Å². The molecule has 0 amide bonds. The van der Waals surface area contributed by atoms with Crippen molar-refractivity contribution in [1.29, 1.82) is 0 Å². The van der Waals surface area contributed by atoms with Crippen molar-refractivity contribution >= 4 is 23.0 Å². The Morgan fingerprint density at radius 3 is 2.43 bits per heavy atom. The first-order valence-electron chi connectivity index (χ1n) is 9.91. The number of hydrogen-bond donors (Lipinski definition) is 1. The van der Waals surface area contributed by atoms with Crippen LogP contribution in [0, 0.1) is 13.8 Å². The lowest BCUT2D eigenvalue weighted by molar-refractivity contribution is 0.293. The van der Waals surface area contributed by atoms with E-state index >= 15 is 0 Å². The van der Waals surface area contributed by atoms with Gasteiger partial charge in [0.05, 0.1) is 13.7 Å². The van der Waals surface area contributed by atoms with E-state index in [1.54, 1.807) is 7.11 Å². The van der Waals surface area contributed by atoms with E-state index in [1.807, 2.05) is 12.1 Å². The number of thiocarbonyl (C=S) groups is 1. The molecule has 0 fully saturated rings. The molecule has 0 saturated carbocycles. The highest BCUT2D eigenvalue weighted by Crippen LogP contribution is 2.29. The minimum absolute atomic E-state index is 0.682. The predicted octanol–water partition coefficient (Wildman–Crippen LogP) is 5.71. The Morgan fingerprint density at radius 2 is 1.79 bits per heavy atom. The highest BCUT2D eigenvalue weighted by atomic mass is 32.1. The molecule has 4 nitrogen and oxygen atoms in total. The van der Waals surface area contributed by atoms with Crippen LogP contribution in [-0.4, -0.2) is 30.3 Å². The van der Waals surface area contributed by atoms with Gasteiger partial charge in [0.2, 0.25) is 0 Å². The number of rotatable bonds is 9. The predicted molar refractivity (Wildman–Crippen MR) is 122 cm³/mol. The summed E-state index contributed by atoms with van der Waals surface area (Å²) in [5, 5.41) is 4.12. The van der Waals surface area contributed by atoms with Gasteiger partial charge in [-0.15, -0.1) is 0 Å². The van der Waals surface area contributed by atoms with E-state index in [0.717, 1.165) is 53.8 Å². The summed E-state index contributed by atoms with van der Waals surface area (Å²) in [4.78, 5) is 2.19. The van der Waals surface area contributed by atoms with Gasteiger partial charge in [-0.3, -0.25) is 0 Å². The molecule has 152 valence electrons. The van der Waals surface area contributed by atoms with E-state index in [0.29, 0.717) is 6.61 Å². The Kier molecular flexibility index (Phi) is 8.58. The molecule has 5 heteroatoms. The zero-order valence-electron chi connectivity index (χ0n) is 17.7. The Morgan fingerprint density at radius 1 is 1.00 bits per heavy atom. The van der Waals surface area contributed by atoms with Crippen molar-refractivity contribution < 1.29 is 9.47 Å². The van der Waals surface area contributed by atoms with Crippen LogP contribution in [0.15, 0.2) is 36.4 Å². The van der Waals surface area contributed by atoms with Crippen molar-refractivity contribution in [2.75, 3.05) is 25.6 Å². The molecule has 0 aromatic heterocycles. The van der Waals surface area contributed by atoms with Gasteiger partial charge in [0.1, 0.15) is 0 Å². The SMILES string of the molecule is CCCOc1ccc(CN(CCC)C(=S)Nc2ccc(C)c(C)c2)cc1OC. The normalized spacial score (nSPS) is 10.5. The monoisotopic (exact) mass is 400 g/mol. The molecule has 2 aromatic carbocycles. The Hall–Kier alpha value is -2.27. The lowest BCUT2D eigenvalue weighted by atomic mass is 10.1. The first kappa shape index (κ1) is 22.0. The van der Waals surface area contributed by atoms with E-state index in [1.165, 1.54) is 11.1 Å². The molecule has 2 rings (SSSR count). The molecule has 0 unspecified atom stereocenters. The first-order valence-corrected chi connectivity index (χ1v) is 10.3. The number of benzene rings is 2. The fourth-order valence-corrected chi connectivity index (χ4v) is 3.18. The van der Waals surface area contributed by atoms with Crippen molar-refractivity contribution in [2.24, 2.45) is 0 Å². The zero-order valence-corrected chi connectivity index (χ0v) is 18.5. The third-order valence-electron chi connectivity index (χ3n) is 4.60. The minimum Gasteiger partial charge on any atom is -0.493 e. The third kappa shape index (κ3) is 6.13. The maximum absolute atomic E-state index is 5.76. The quantitative estimate of drug-likeness (QED) is 0.545. The topological polar surface area (TPSA) is 33.7 Å². The lowest BCUT2D eigenvalue weighted by Crippen LogP contribution is -2.34. The van der Waals surface area contributed by atoms with Gasteiger partial charge in [-0.05, 0) is 79.9 Å².